The van der Waals surface area contributed by atoms with E-state index >= 15 is 0 Å². The van der Waals surface area contributed by atoms with Crippen LogP contribution in [0.1, 0.15) is 60.4 Å². The normalized spacial score (nSPS) is 15.2. The fourth-order valence-corrected chi connectivity index (χ4v) is 4.59. The molecule has 1 fully saturated rings. The van der Waals surface area contributed by atoms with E-state index in [4.69, 9.17) is 4.98 Å². The largest absolute Gasteiger partial charge is 0.323 e. The summed E-state index contributed by atoms with van der Waals surface area (Å²) in [5.41, 5.74) is 4.34. The van der Waals surface area contributed by atoms with E-state index < -0.39 is 5.92 Å². The van der Waals surface area contributed by atoms with E-state index in [1.807, 2.05) is 54.6 Å². The Morgan fingerprint density at radius 1 is 1.00 bits per heavy atom. The third-order valence-electron chi connectivity index (χ3n) is 6.50. The third kappa shape index (κ3) is 5.26. The van der Waals surface area contributed by atoms with Crippen molar-refractivity contribution in [2.75, 3.05) is 0 Å². The maximum absolute atomic E-state index is 14.9. The van der Waals surface area contributed by atoms with Gasteiger partial charge in [0.1, 0.15) is 11.6 Å². The number of nitrogens with one attached hydrogen (secondary N) is 2. The molecule has 0 saturated carbocycles. The highest BCUT2D eigenvalue weighted by molar-refractivity contribution is 6.17. The van der Waals surface area contributed by atoms with Gasteiger partial charge in [-0.2, -0.15) is 5.10 Å². The van der Waals surface area contributed by atoms with Crippen LogP contribution in [0.4, 0.5) is 4.39 Å². The van der Waals surface area contributed by atoms with Crippen molar-refractivity contribution in [1.29, 1.82) is 0 Å². The summed E-state index contributed by atoms with van der Waals surface area (Å²) in [6, 6.07) is 22.3. The van der Waals surface area contributed by atoms with Gasteiger partial charge in [0.25, 0.3) is 0 Å². The minimum absolute atomic E-state index is 0.123. The molecule has 1 saturated heterocycles. The Morgan fingerprint density at radius 2 is 1.76 bits per heavy atom. The van der Waals surface area contributed by atoms with Gasteiger partial charge in [0.05, 0.1) is 18.0 Å². The van der Waals surface area contributed by atoms with Gasteiger partial charge in [0.15, 0.2) is 11.6 Å². The third-order valence-corrected chi connectivity index (χ3v) is 6.50. The predicted molar refractivity (Wildman–Crippen MR) is 140 cm³/mol. The van der Waals surface area contributed by atoms with Crippen molar-refractivity contribution in [3.8, 4) is 11.1 Å². The lowest BCUT2D eigenvalue weighted by molar-refractivity contribution is -0.121. The number of hydrogen-bond acceptors (Lipinski definition) is 4. The number of allylic oxidation sites excluding steroid dienone is 1. The van der Waals surface area contributed by atoms with Crippen molar-refractivity contribution in [2.24, 2.45) is 0 Å². The lowest BCUT2D eigenvalue weighted by Crippen LogP contribution is -2.12. The quantitative estimate of drug-likeness (QED) is 0.248. The van der Waals surface area contributed by atoms with Crippen molar-refractivity contribution < 1.29 is 14.0 Å². The highest BCUT2D eigenvalue weighted by Crippen LogP contribution is 2.34. The number of H-pyrrole nitrogens is 1. The van der Waals surface area contributed by atoms with Gasteiger partial charge in [-0.25, -0.2) is 9.37 Å². The average Bonchev–Trinajstić information content (AvgIpc) is 3.50. The summed E-state index contributed by atoms with van der Waals surface area (Å²) < 4.78 is 14.9. The first-order valence-corrected chi connectivity index (χ1v) is 12.4. The molecule has 7 heteroatoms. The number of carbonyl (C=O) groups is 2. The van der Waals surface area contributed by atoms with Crippen LogP contribution in [0.15, 0.2) is 78.5 Å². The summed E-state index contributed by atoms with van der Waals surface area (Å²) in [5.74, 6) is 0.0481. The first-order chi connectivity index (χ1) is 18.0. The summed E-state index contributed by atoms with van der Waals surface area (Å²) >= 11 is 0. The van der Waals surface area contributed by atoms with E-state index in [0.717, 1.165) is 47.3 Å². The lowest BCUT2D eigenvalue weighted by atomic mass is 9.88. The Morgan fingerprint density at radius 3 is 2.49 bits per heavy atom. The molecule has 1 aromatic heterocycles. The molecular formula is C30H27FN4O2. The molecule has 0 bridgehead atoms. The maximum Gasteiger partial charge on any atom is 0.232 e. The molecule has 4 aromatic rings. The molecule has 37 heavy (non-hydrogen) atoms. The van der Waals surface area contributed by atoms with Gasteiger partial charge < -0.3 is 5.32 Å². The highest BCUT2D eigenvalue weighted by Gasteiger charge is 2.25. The maximum atomic E-state index is 14.9. The molecule has 6 nitrogen and oxygen atoms in total. The number of benzene rings is 3. The molecule has 2 heterocycles. The molecule has 1 aliphatic heterocycles. The second-order valence-electron chi connectivity index (χ2n) is 9.11. The van der Waals surface area contributed by atoms with Crippen LogP contribution in [-0.4, -0.2) is 26.9 Å². The second-order valence-corrected chi connectivity index (χ2v) is 9.11. The van der Waals surface area contributed by atoms with Gasteiger partial charge in [0.2, 0.25) is 5.91 Å². The van der Waals surface area contributed by atoms with Gasteiger partial charge in [-0.05, 0) is 40.8 Å². The van der Waals surface area contributed by atoms with Gasteiger partial charge in [-0.15, -0.1) is 0 Å². The molecule has 1 aliphatic rings. The molecule has 1 atom stereocenters. The molecule has 1 unspecified atom stereocenters. The number of aromatic nitrogens is 3. The van der Waals surface area contributed by atoms with Crippen molar-refractivity contribution in [1.82, 2.24) is 20.5 Å². The summed E-state index contributed by atoms with van der Waals surface area (Å²) in [4.78, 5) is 28.4. The van der Waals surface area contributed by atoms with Gasteiger partial charge in [-0.1, -0.05) is 80.1 Å². The number of aromatic amines is 1. The average molecular weight is 495 g/mol. The summed E-state index contributed by atoms with van der Waals surface area (Å²) in [6.45, 7) is 2.12. The number of hydrogen-bond donors (Lipinski definition) is 2. The van der Waals surface area contributed by atoms with Crippen molar-refractivity contribution in [3.63, 3.8) is 0 Å². The van der Waals surface area contributed by atoms with E-state index in [1.165, 1.54) is 6.07 Å². The number of ketones is 1. The zero-order valence-corrected chi connectivity index (χ0v) is 20.5. The Labute approximate surface area is 214 Å². The van der Waals surface area contributed by atoms with Crippen LogP contribution >= 0.6 is 0 Å². The SMILES string of the molecule is CCCCc1nc(C(c2ccc(-c3ccccc3/C=C3\NC(=O)CC3=O)cc2)c2ccccc2F)n[nH]1. The number of nitrogens with zero attached hydrogens (tertiary/aromatic N) is 2. The second kappa shape index (κ2) is 10.7. The zero-order valence-electron chi connectivity index (χ0n) is 20.5. The van der Waals surface area contributed by atoms with Gasteiger partial charge in [0, 0.05) is 12.0 Å². The fraction of sp³-hybridized carbons (Fsp3) is 0.200. The predicted octanol–water partition coefficient (Wildman–Crippen LogP) is 5.56. The monoisotopic (exact) mass is 494 g/mol. The first-order valence-electron chi connectivity index (χ1n) is 12.4. The first kappa shape index (κ1) is 24.3. The topological polar surface area (TPSA) is 87.7 Å². The number of aryl methyl sites for hydroxylation is 1. The van der Waals surface area contributed by atoms with Crippen LogP contribution in [0.25, 0.3) is 17.2 Å². The molecule has 3 aromatic carbocycles. The van der Waals surface area contributed by atoms with Crippen molar-refractivity contribution >= 4 is 17.8 Å². The van der Waals surface area contributed by atoms with Crippen LogP contribution in [0.3, 0.4) is 0 Å². The summed E-state index contributed by atoms with van der Waals surface area (Å²) in [5, 5.41) is 10.1. The van der Waals surface area contributed by atoms with Gasteiger partial charge >= 0.3 is 0 Å². The number of unbranched alkanes of at least 4 members (excludes halogenated alkanes) is 1. The Bertz CT molecular complexity index is 1470. The van der Waals surface area contributed by atoms with Gasteiger partial charge in [-0.3, -0.25) is 14.7 Å². The molecule has 0 aliphatic carbocycles. The number of Topliss-reactive ketones (excluding diaryl/α,β-unsaturated/α-hetero) is 1. The number of amides is 1. The molecule has 5 rings (SSSR count). The van der Waals surface area contributed by atoms with Crippen molar-refractivity contribution in [3.05, 3.63) is 113 Å². The zero-order chi connectivity index (χ0) is 25.8. The number of rotatable bonds is 8. The molecule has 1 amide bonds. The number of carbonyl (C=O) groups excluding carboxylic acids is 2. The minimum atomic E-state index is -0.467. The molecule has 0 spiro atoms. The molecule has 2 N–H and O–H groups in total. The Hall–Kier alpha value is -4.39. The van der Waals surface area contributed by atoms with Crippen LogP contribution in [0.5, 0.6) is 0 Å². The van der Waals surface area contributed by atoms with Crippen molar-refractivity contribution in [2.45, 2.75) is 38.5 Å². The molecule has 0 radical (unpaired) electrons. The summed E-state index contributed by atoms with van der Waals surface area (Å²) in [7, 11) is 0. The minimum Gasteiger partial charge on any atom is -0.323 e. The van der Waals surface area contributed by atoms with E-state index in [9.17, 15) is 14.0 Å². The lowest BCUT2D eigenvalue weighted by Gasteiger charge is -2.17. The Kier molecular flexibility index (Phi) is 7.03. The van der Waals surface area contributed by atoms with Crippen LogP contribution in [-0.2, 0) is 16.0 Å². The fourth-order valence-electron chi connectivity index (χ4n) is 4.59. The standard InChI is InChI=1S/C30H27FN4O2/c1-2-3-12-27-33-30(35-34-27)29(23-10-6-7-11-24(23)31)20-15-13-19(14-16-20)22-9-5-4-8-21(22)17-25-26(36)18-28(37)32-25/h4-11,13-17,29H,2-3,12,18H2,1H3,(H,32,37)(H,33,34,35)/b25-17-. The molecule has 186 valence electrons. The van der Waals surface area contributed by atoms with Crippen LogP contribution in [0.2, 0.25) is 0 Å². The molecular weight excluding hydrogens is 467 g/mol. The van der Waals surface area contributed by atoms with Crippen LogP contribution < -0.4 is 5.32 Å². The van der Waals surface area contributed by atoms with E-state index in [-0.39, 0.29) is 23.9 Å². The Balaban J connectivity index is 1.51. The van der Waals surface area contributed by atoms with E-state index in [1.54, 1.807) is 18.2 Å². The summed E-state index contributed by atoms with van der Waals surface area (Å²) in [6.07, 6.45) is 4.43. The smallest absolute Gasteiger partial charge is 0.232 e. The van der Waals surface area contributed by atoms with E-state index in [0.29, 0.717) is 17.1 Å². The van der Waals surface area contributed by atoms with Crippen LogP contribution in [0, 0.1) is 5.82 Å². The number of halogens is 1. The van der Waals surface area contributed by atoms with E-state index in [2.05, 4.69) is 22.4 Å². The highest BCUT2D eigenvalue weighted by atomic mass is 19.1.